The predicted octanol–water partition coefficient (Wildman–Crippen LogP) is 2.14. The van der Waals surface area contributed by atoms with Gasteiger partial charge in [-0.15, -0.1) is 0 Å². The molecule has 3 heterocycles. The molecule has 1 aliphatic rings. The van der Waals surface area contributed by atoms with E-state index in [9.17, 15) is 8.42 Å². The minimum absolute atomic E-state index is 0.161. The van der Waals surface area contributed by atoms with Crippen molar-refractivity contribution in [1.29, 1.82) is 0 Å². The van der Waals surface area contributed by atoms with Gasteiger partial charge in [-0.3, -0.25) is 0 Å². The zero-order valence-corrected chi connectivity index (χ0v) is 15.7. The number of rotatable bonds is 6. The third-order valence-electron chi connectivity index (χ3n) is 4.25. The highest BCUT2D eigenvalue weighted by Crippen LogP contribution is 2.36. The average molecular weight is 395 g/mol. The molecule has 1 atom stereocenters. The molecule has 138 valence electrons. The summed E-state index contributed by atoms with van der Waals surface area (Å²) in [6, 6.07) is 4.53. The molecule has 0 spiro atoms. The summed E-state index contributed by atoms with van der Waals surface area (Å²) in [7, 11) is -3.76. The van der Waals surface area contributed by atoms with Crippen LogP contribution in [0.4, 0.5) is 0 Å². The molecular formula is C15H17N5O4S2. The maximum Gasteiger partial charge on any atom is 0.252 e. The average Bonchev–Trinajstić information content (AvgIpc) is 3.38. The van der Waals surface area contributed by atoms with Gasteiger partial charge in [0.1, 0.15) is 22.5 Å². The van der Waals surface area contributed by atoms with E-state index in [-0.39, 0.29) is 11.5 Å². The quantitative estimate of drug-likeness (QED) is 0.624. The van der Waals surface area contributed by atoms with Crippen molar-refractivity contribution in [3.63, 3.8) is 0 Å². The van der Waals surface area contributed by atoms with Gasteiger partial charge in [-0.2, -0.15) is 18.0 Å². The summed E-state index contributed by atoms with van der Waals surface area (Å²) in [6.45, 7) is 3.02. The Labute approximate surface area is 154 Å². The van der Waals surface area contributed by atoms with Crippen molar-refractivity contribution >= 4 is 32.8 Å². The van der Waals surface area contributed by atoms with Crippen molar-refractivity contribution < 1.29 is 17.7 Å². The Morgan fingerprint density at radius 2 is 2.27 bits per heavy atom. The molecular weight excluding hydrogens is 378 g/mol. The fourth-order valence-corrected chi connectivity index (χ4v) is 5.46. The molecule has 0 N–H and O–H groups in total. The number of fused-ring (bicyclic) bond motifs is 1. The van der Waals surface area contributed by atoms with Crippen molar-refractivity contribution in [3.05, 3.63) is 29.9 Å². The highest BCUT2D eigenvalue weighted by molar-refractivity contribution is 7.89. The van der Waals surface area contributed by atoms with E-state index in [1.807, 2.05) is 6.92 Å². The van der Waals surface area contributed by atoms with E-state index < -0.39 is 16.1 Å². The van der Waals surface area contributed by atoms with Crippen LogP contribution in [-0.2, 0) is 21.4 Å². The van der Waals surface area contributed by atoms with Crippen molar-refractivity contribution in [3.8, 4) is 0 Å². The first-order valence-electron chi connectivity index (χ1n) is 8.24. The van der Waals surface area contributed by atoms with E-state index in [2.05, 4.69) is 18.9 Å². The molecule has 11 heteroatoms. The van der Waals surface area contributed by atoms with Crippen LogP contribution < -0.4 is 0 Å². The van der Waals surface area contributed by atoms with Crippen LogP contribution in [-0.4, -0.2) is 44.8 Å². The Balaban J connectivity index is 1.67. The van der Waals surface area contributed by atoms with Gasteiger partial charge in [0, 0.05) is 13.2 Å². The van der Waals surface area contributed by atoms with Crippen LogP contribution in [0.25, 0.3) is 11.0 Å². The lowest BCUT2D eigenvalue weighted by Crippen LogP contribution is -2.31. The fraction of sp³-hybridized carbons (Fsp3) is 0.467. The summed E-state index contributed by atoms with van der Waals surface area (Å²) in [4.78, 5) is 4.47. The molecule has 1 aromatic carbocycles. The van der Waals surface area contributed by atoms with E-state index in [1.54, 1.807) is 18.2 Å². The van der Waals surface area contributed by atoms with Gasteiger partial charge in [0.2, 0.25) is 10.0 Å². The van der Waals surface area contributed by atoms with E-state index in [4.69, 9.17) is 9.26 Å². The monoisotopic (exact) mass is 395 g/mol. The first kappa shape index (κ1) is 17.5. The Morgan fingerprint density at radius 3 is 3.12 bits per heavy atom. The highest BCUT2D eigenvalue weighted by Gasteiger charge is 2.39. The predicted molar refractivity (Wildman–Crippen MR) is 92.9 cm³/mol. The third-order valence-corrected chi connectivity index (χ3v) is 6.73. The lowest BCUT2D eigenvalue weighted by Gasteiger charge is -2.21. The van der Waals surface area contributed by atoms with Crippen LogP contribution in [0.15, 0.2) is 27.6 Å². The summed E-state index contributed by atoms with van der Waals surface area (Å²) in [5.74, 6) is 0.709. The molecule has 1 fully saturated rings. The standard InChI is InChI=1S/C15H17N5O4S2/c1-2-23-9-13-16-15(17-24-13)11-6-4-8-20(11)26(21,22)12-7-3-5-10-14(12)19-25-18-10/h3,5,7,11H,2,4,6,8-9H2,1H3. The number of hydrogen-bond donors (Lipinski definition) is 0. The van der Waals surface area contributed by atoms with Gasteiger partial charge in [-0.1, -0.05) is 11.2 Å². The van der Waals surface area contributed by atoms with Crippen molar-refractivity contribution in [2.45, 2.75) is 37.3 Å². The first-order valence-corrected chi connectivity index (χ1v) is 10.4. The fourth-order valence-electron chi connectivity index (χ4n) is 3.05. The molecule has 1 aliphatic heterocycles. The first-order chi connectivity index (χ1) is 12.6. The molecule has 26 heavy (non-hydrogen) atoms. The molecule has 0 radical (unpaired) electrons. The normalized spacial score (nSPS) is 18.7. The van der Waals surface area contributed by atoms with E-state index in [0.29, 0.717) is 42.3 Å². The van der Waals surface area contributed by atoms with Crippen LogP contribution in [0.2, 0.25) is 0 Å². The molecule has 0 amide bonds. The smallest absolute Gasteiger partial charge is 0.252 e. The number of benzene rings is 1. The summed E-state index contributed by atoms with van der Waals surface area (Å²) >= 11 is 0.997. The molecule has 0 bridgehead atoms. The molecule has 3 aromatic rings. The second kappa shape index (κ2) is 6.99. The highest BCUT2D eigenvalue weighted by atomic mass is 32.2. The molecule has 1 unspecified atom stereocenters. The molecule has 9 nitrogen and oxygen atoms in total. The maximum absolute atomic E-state index is 13.3. The largest absolute Gasteiger partial charge is 0.372 e. The van der Waals surface area contributed by atoms with Crippen molar-refractivity contribution in [2.75, 3.05) is 13.2 Å². The zero-order chi connectivity index (χ0) is 18.1. The molecule has 0 aliphatic carbocycles. The van der Waals surface area contributed by atoms with Gasteiger partial charge in [0.25, 0.3) is 5.89 Å². The Bertz CT molecular complexity index is 1020. The van der Waals surface area contributed by atoms with Crippen molar-refractivity contribution in [2.24, 2.45) is 0 Å². The summed E-state index contributed by atoms with van der Waals surface area (Å²) < 4.78 is 46.7. The van der Waals surface area contributed by atoms with Gasteiger partial charge < -0.3 is 9.26 Å². The number of aromatic nitrogens is 4. The molecule has 0 saturated carbocycles. The third kappa shape index (κ3) is 3.00. The van der Waals surface area contributed by atoms with Gasteiger partial charge in [-0.25, -0.2) is 8.42 Å². The number of sulfonamides is 1. The lowest BCUT2D eigenvalue weighted by atomic mass is 10.2. The van der Waals surface area contributed by atoms with E-state index in [1.165, 1.54) is 4.31 Å². The minimum atomic E-state index is -3.76. The zero-order valence-electron chi connectivity index (χ0n) is 14.0. The number of ether oxygens (including phenoxy) is 1. The van der Waals surface area contributed by atoms with E-state index >= 15 is 0 Å². The summed E-state index contributed by atoms with van der Waals surface area (Å²) in [6.07, 6.45) is 1.36. The minimum Gasteiger partial charge on any atom is -0.372 e. The number of hydrogen-bond acceptors (Lipinski definition) is 9. The van der Waals surface area contributed by atoms with E-state index in [0.717, 1.165) is 18.1 Å². The van der Waals surface area contributed by atoms with Crippen LogP contribution in [0.5, 0.6) is 0 Å². The second-order valence-electron chi connectivity index (χ2n) is 5.85. The Morgan fingerprint density at radius 1 is 1.38 bits per heavy atom. The molecule has 4 rings (SSSR count). The van der Waals surface area contributed by atoms with Gasteiger partial charge in [0.15, 0.2) is 5.82 Å². The van der Waals surface area contributed by atoms with Crippen molar-refractivity contribution in [1.82, 2.24) is 23.2 Å². The summed E-state index contributed by atoms with van der Waals surface area (Å²) in [5, 5.41) is 3.96. The summed E-state index contributed by atoms with van der Waals surface area (Å²) in [5.41, 5.74) is 0.971. The molecule has 1 saturated heterocycles. The SMILES string of the molecule is CCOCc1nc(C2CCCN2S(=O)(=O)c2cccc3nsnc23)no1. The van der Waals surface area contributed by atoms with Crippen LogP contribution in [0, 0.1) is 0 Å². The topological polar surface area (TPSA) is 111 Å². The maximum atomic E-state index is 13.3. The van der Waals surface area contributed by atoms with Gasteiger partial charge in [-0.05, 0) is 31.9 Å². The van der Waals surface area contributed by atoms with Gasteiger partial charge >= 0.3 is 0 Å². The number of nitrogens with zero attached hydrogens (tertiary/aromatic N) is 5. The second-order valence-corrected chi connectivity index (χ2v) is 8.23. The molecule has 2 aromatic heterocycles. The van der Waals surface area contributed by atoms with Crippen LogP contribution in [0.3, 0.4) is 0 Å². The Kier molecular flexibility index (Phi) is 4.69. The van der Waals surface area contributed by atoms with Crippen LogP contribution in [0.1, 0.15) is 37.5 Å². The van der Waals surface area contributed by atoms with Gasteiger partial charge in [0.05, 0.1) is 17.8 Å². The van der Waals surface area contributed by atoms with Crippen LogP contribution >= 0.6 is 11.7 Å². The lowest BCUT2D eigenvalue weighted by molar-refractivity contribution is 0.109. The Hall–Kier alpha value is -1.95.